The van der Waals surface area contributed by atoms with Gasteiger partial charge in [0.15, 0.2) is 12.4 Å². The van der Waals surface area contributed by atoms with Gasteiger partial charge in [-0.2, -0.15) is 0 Å². The predicted molar refractivity (Wildman–Crippen MR) is 147 cm³/mol. The van der Waals surface area contributed by atoms with E-state index in [1.807, 2.05) is 25.1 Å². The molecule has 1 amide bonds. The zero-order valence-corrected chi connectivity index (χ0v) is 22.3. The van der Waals surface area contributed by atoms with Gasteiger partial charge in [-0.3, -0.25) is 14.5 Å². The summed E-state index contributed by atoms with van der Waals surface area (Å²) in [6.07, 6.45) is 1.01. The summed E-state index contributed by atoms with van der Waals surface area (Å²) in [5.41, 5.74) is 2.25. The fourth-order valence-electron chi connectivity index (χ4n) is 4.25. The molecule has 0 radical (unpaired) electrons. The summed E-state index contributed by atoms with van der Waals surface area (Å²) < 4.78 is 38.3. The number of anilines is 2. The van der Waals surface area contributed by atoms with Crippen molar-refractivity contribution in [1.82, 2.24) is 4.90 Å². The van der Waals surface area contributed by atoms with Crippen molar-refractivity contribution in [2.45, 2.75) is 13.3 Å². The molecule has 3 aromatic rings. The number of morpholine rings is 1. The van der Waals surface area contributed by atoms with Gasteiger partial charge in [-0.25, -0.2) is 8.78 Å². The Morgan fingerprint density at radius 2 is 1.77 bits per heavy atom. The van der Waals surface area contributed by atoms with E-state index >= 15 is 0 Å². The molecule has 39 heavy (non-hydrogen) atoms. The number of aryl methyl sites for hydroxylation is 1. The molecule has 1 saturated heterocycles. The normalized spacial score (nSPS) is 13.6. The number of nitrogens with one attached hydrogen (secondary N) is 2. The highest BCUT2D eigenvalue weighted by molar-refractivity contribution is 6.31. The van der Waals surface area contributed by atoms with Crippen LogP contribution in [-0.4, -0.2) is 62.6 Å². The monoisotopic (exact) mass is 557 g/mol. The molecule has 0 aromatic heterocycles. The molecule has 7 nitrogen and oxygen atoms in total. The number of hydrogen-bond acceptors (Lipinski definition) is 6. The first-order chi connectivity index (χ1) is 18.8. The number of carbonyl (C=O) groups is 2. The van der Waals surface area contributed by atoms with E-state index in [4.69, 9.17) is 21.1 Å². The molecule has 1 aliphatic rings. The molecule has 0 spiro atoms. The van der Waals surface area contributed by atoms with Crippen LogP contribution in [0.15, 0.2) is 54.6 Å². The SMILES string of the molecule is Cc1cc(NCCCN2CCOCC2)ccc1NC(=O)COc1ccc(Cl)cc1C(=O)c1cc(F)cc(F)c1. The van der Waals surface area contributed by atoms with Crippen LogP contribution in [0.1, 0.15) is 27.9 Å². The second-order valence-corrected chi connectivity index (χ2v) is 9.67. The Labute approximate surface area is 231 Å². The third-order valence-electron chi connectivity index (χ3n) is 6.25. The van der Waals surface area contributed by atoms with Gasteiger partial charge in [0.1, 0.15) is 17.4 Å². The maximum atomic E-state index is 13.6. The van der Waals surface area contributed by atoms with E-state index in [1.165, 1.54) is 18.2 Å². The number of rotatable bonds is 11. The minimum absolute atomic E-state index is 0.0134. The highest BCUT2D eigenvalue weighted by atomic mass is 35.5. The van der Waals surface area contributed by atoms with Crippen LogP contribution < -0.4 is 15.4 Å². The van der Waals surface area contributed by atoms with Gasteiger partial charge in [0, 0.05) is 47.7 Å². The van der Waals surface area contributed by atoms with E-state index in [9.17, 15) is 18.4 Å². The molecule has 3 aromatic carbocycles. The lowest BCUT2D eigenvalue weighted by molar-refractivity contribution is -0.118. The summed E-state index contributed by atoms with van der Waals surface area (Å²) in [6.45, 7) is 6.88. The molecule has 206 valence electrons. The van der Waals surface area contributed by atoms with Crippen LogP contribution in [0.25, 0.3) is 0 Å². The largest absolute Gasteiger partial charge is 0.483 e. The van der Waals surface area contributed by atoms with E-state index in [2.05, 4.69) is 15.5 Å². The standard InChI is InChI=1S/C29H30ClF2N3O4/c1-19-13-24(33-7-2-8-35-9-11-38-12-10-35)4-5-26(19)34-28(36)18-39-27-6-3-21(30)16-25(27)29(37)20-14-22(31)17-23(32)15-20/h3-6,13-17,33H,2,7-12,18H2,1H3,(H,34,36). The Morgan fingerprint density at radius 3 is 2.49 bits per heavy atom. The van der Waals surface area contributed by atoms with Gasteiger partial charge in [0.25, 0.3) is 5.91 Å². The first-order valence-electron chi connectivity index (χ1n) is 12.7. The van der Waals surface area contributed by atoms with Crippen LogP contribution in [0, 0.1) is 18.6 Å². The number of benzene rings is 3. The van der Waals surface area contributed by atoms with E-state index < -0.39 is 23.3 Å². The van der Waals surface area contributed by atoms with Crippen molar-refractivity contribution in [3.8, 4) is 5.75 Å². The number of ether oxygens (including phenoxy) is 2. The Morgan fingerprint density at radius 1 is 1.03 bits per heavy atom. The zero-order chi connectivity index (χ0) is 27.8. The number of halogens is 3. The van der Waals surface area contributed by atoms with Crippen molar-refractivity contribution < 1.29 is 27.8 Å². The lowest BCUT2D eigenvalue weighted by Crippen LogP contribution is -2.37. The number of hydrogen-bond donors (Lipinski definition) is 2. The van der Waals surface area contributed by atoms with Crippen LogP contribution in [0.2, 0.25) is 5.02 Å². The molecule has 10 heteroatoms. The highest BCUT2D eigenvalue weighted by Gasteiger charge is 2.18. The van der Waals surface area contributed by atoms with Crippen molar-refractivity contribution >= 4 is 34.7 Å². The van der Waals surface area contributed by atoms with Crippen LogP contribution in [0.3, 0.4) is 0 Å². The molecule has 0 atom stereocenters. The summed E-state index contributed by atoms with van der Waals surface area (Å²) in [4.78, 5) is 27.9. The van der Waals surface area contributed by atoms with Crippen molar-refractivity contribution in [2.24, 2.45) is 0 Å². The number of amides is 1. The van der Waals surface area contributed by atoms with Gasteiger partial charge >= 0.3 is 0 Å². The van der Waals surface area contributed by atoms with Gasteiger partial charge < -0.3 is 20.1 Å². The molecule has 1 aliphatic heterocycles. The van der Waals surface area contributed by atoms with Crippen molar-refractivity contribution in [3.05, 3.63) is 87.9 Å². The van der Waals surface area contributed by atoms with Crippen molar-refractivity contribution in [1.29, 1.82) is 0 Å². The zero-order valence-electron chi connectivity index (χ0n) is 21.6. The summed E-state index contributed by atoms with van der Waals surface area (Å²) in [5, 5.41) is 6.45. The third-order valence-corrected chi connectivity index (χ3v) is 6.49. The lowest BCUT2D eigenvalue weighted by Gasteiger charge is -2.26. The van der Waals surface area contributed by atoms with Crippen LogP contribution in [-0.2, 0) is 9.53 Å². The lowest BCUT2D eigenvalue weighted by atomic mass is 10.0. The number of ketones is 1. The minimum atomic E-state index is -0.883. The second kappa shape index (κ2) is 13.5. The highest BCUT2D eigenvalue weighted by Crippen LogP contribution is 2.27. The first kappa shape index (κ1) is 28.5. The quantitative estimate of drug-likeness (QED) is 0.246. The second-order valence-electron chi connectivity index (χ2n) is 9.23. The molecule has 2 N–H and O–H groups in total. The van der Waals surface area contributed by atoms with Gasteiger partial charge in [0.05, 0.1) is 18.8 Å². The van der Waals surface area contributed by atoms with Crippen molar-refractivity contribution in [3.63, 3.8) is 0 Å². The van der Waals surface area contributed by atoms with Crippen molar-refractivity contribution in [2.75, 3.05) is 56.6 Å². The smallest absolute Gasteiger partial charge is 0.262 e. The maximum Gasteiger partial charge on any atom is 0.262 e. The first-order valence-corrected chi connectivity index (χ1v) is 13.0. The predicted octanol–water partition coefficient (Wildman–Crippen LogP) is 5.31. The molecular formula is C29H30ClF2N3O4. The average Bonchev–Trinajstić information content (AvgIpc) is 2.91. The molecule has 0 unspecified atom stereocenters. The molecular weight excluding hydrogens is 528 g/mol. The van der Waals surface area contributed by atoms with E-state index in [1.54, 1.807) is 0 Å². The van der Waals surface area contributed by atoms with Crippen LogP contribution in [0.4, 0.5) is 20.2 Å². The van der Waals surface area contributed by atoms with E-state index in [0.29, 0.717) is 11.8 Å². The molecule has 0 aliphatic carbocycles. The molecule has 1 heterocycles. The summed E-state index contributed by atoms with van der Waals surface area (Å²) >= 11 is 6.04. The van der Waals surface area contributed by atoms with Gasteiger partial charge in [-0.1, -0.05) is 11.6 Å². The molecule has 0 bridgehead atoms. The maximum absolute atomic E-state index is 13.6. The topological polar surface area (TPSA) is 79.9 Å². The van der Waals surface area contributed by atoms with E-state index in [0.717, 1.165) is 69.2 Å². The van der Waals surface area contributed by atoms with Crippen LogP contribution in [0.5, 0.6) is 5.75 Å². The fraction of sp³-hybridized carbons (Fsp3) is 0.310. The van der Waals surface area contributed by atoms with Gasteiger partial charge in [-0.15, -0.1) is 0 Å². The minimum Gasteiger partial charge on any atom is -0.483 e. The Kier molecular flexibility index (Phi) is 9.86. The summed E-state index contributed by atoms with van der Waals surface area (Å²) in [7, 11) is 0. The van der Waals surface area contributed by atoms with Gasteiger partial charge in [0.2, 0.25) is 0 Å². The van der Waals surface area contributed by atoms with E-state index in [-0.39, 0.29) is 28.5 Å². The third kappa shape index (κ3) is 8.23. The number of carbonyl (C=O) groups excluding carboxylic acids is 2. The molecule has 1 fully saturated rings. The Bertz CT molecular complexity index is 1310. The Hall–Kier alpha value is -3.53. The molecule has 4 rings (SSSR count). The molecule has 0 saturated carbocycles. The van der Waals surface area contributed by atoms with Crippen LogP contribution >= 0.6 is 11.6 Å². The average molecular weight is 558 g/mol. The number of nitrogens with zero attached hydrogens (tertiary/aromatic N) is 1. The fourth-order valence-corrected chi connectivity index (χ4v) is 4.42. The van der Waals surface area contributed by atoms with Gasteiger partial charge in [-0.05, 0) is 74.0 Å². The summed E-state index contributed by atoms with van der Waals surface area (Å²) in [6, 6.07) is 12.4. The Balaban J connectivity index is 1.31. The summed E-state index contributed by atoms with van der Waals surface area (Å²) in [5.74, 6) is -2.82.